The highest BCUT2D eigenvalue weighted by Gasteiger charge is 2.17. The maximum atomic E-state index is 11.6. The molecule has 1 saturated heterocycles. The van der Waals surface area contributed by atoms with Crippen molar-refractivity contribution >= 4 is 24.0 Å². The van der Waals surface area contributed by atoms with Crippen LogP contribution in [-0.4, -0.2) is 18.5 Å². The van der Waals surface area contributed by atoms with Gasteiger partial charge in [-0.25, -0.2) is 0 Å². The second kappa shape index (κ2) is 6.51. The molecule has 1 aromatic carbocycles. The van der Waals surface area contributed by atoms with Crippen molar-refractivity contribution in [1.82, 2.24) is 5.32 Å². The zero-order valence-electron chi connectivity index (χ0n) is 9.11. The monoisotopic (exact) mass is 240 g/mol. The van der Waals surface area contributed by atoms with Crippen LogP contribution in [0, 0.1) is 0 Å². The van der Waals surface area contributed by atoms with E-state index in [1.54, 1.807) is 0 Å². The lowest BCUT2D eigenvalue weighted by Crippen LogP contribution is -2.27. The van der Waals surface area contributed by atoms with E-state index in [0.717, 1.165) is 18.7 Å². The normalized spacial score (nSPS) is 18.9. The van der Waals surface area contributed by atoms with E-state index < -0.39 is 0 Å². The molecule has 0 aromatic heterocycles. The van der Waals surface area contributed by atoms with E-state index in [1.165, 1.54) is 6.42 Å². The van der Waals surface area contributed by atoms with Gasteiger partial charge < -0.3 is 10.6 Å². The maximum Gasteiger partial charge on any atom is 0.225 e. The lowest BCUT2D eigenvalue weighted by atomic mass is 10.1. The lowest BCUT2D eigenvalue weighted by Gasteiger charge is -2.10. The van der Waals surface area contributed by atoms with E-state index in [4.69, 9.17) is 0 Å². The molecule has 0 spiro atoms. The number of para-hydroxylation sites is 1. The van der Waals surface area contributed by atoms with Crippen LogP contribution < -0.4 is 10.6 Å². The fourth-order valence-corrected chi connectivity index (χ4v) is 1.89. The molecular weight excluding hydrogens is 224 g/mol. The van der Waals surface area contributed by atoms with Crippen LogP contribution in [0.2, 0.25) is 0 Å². The van der Waals surface area contributed by atoms with E-state index in [0.29, 0.717) is 12.5 Å². The van der Waals surface area contributed by atoms with Gasteiger partial charge in [-0.15, -0.1) is 12.4 Å². The van der Waals surface area contributed by atoms with Crippen LogP contribution in [0.4, 0.5) is 5.69 Å². The van der Waals surface area contributed by atoms with Gasteiger partial charge in [0.25, 0.3) is 0 Å². The molecule has 0 bridgehead atoms. The highest BCUT2D eigenvalue weighted by Crippen LogP contribution is 2.11. The second-order valence-electron chi connectivity index (χ2n) is 3.91. The number of hydrogen-bond donors (Lipinski definition) is 2. The van der Waals surface area contributed by atoms with Crippen LogP contribution in [0.15, 0.2) is 30.3 Å². The van der Waals surface area contributed by atoms with Crippen LogP contribution >= 0.6 is 12.4 Å². The SMILES string of the molecule is Cl.O=C(CC1CCCN1)Nc1ccccc1. The Bertz CT molecular complexity index is 323. The van der Waals surface area contributed by atoms with Gasteiger partial charge in [0.05, 0.1) is 0 Å². The molecule has 1 unspecified atom stereocenters. The Hall–Kier alpha value is -1.06. The molecule has 1 fully saturated rings. The number of carbonyl (C=O) groups excluding carboxylic acids is 1. The Morgan fingerprint density at radius 2 is 2.12 bits per heavy atom. The fraction of sp³-hybridized carbons (Fsp3) is 0.417. The largest absolute Gasteiger partial charge is 0.326 e. The van der Waals surface area contributed by atoms with E-state index in [9.17, 15) is 4.79 Å². The van der Waals surface area contributed by atoms with Gasteiger partial charge in [-0.05, 0) is 31.5 Å². The molecule has 1 heterocycles. The van der Waals surface area contributed by atoms with Gasteiger partial charge in [0.2, 0.25) is 5.91 Å². The maximum absolute atomic E-state index is 11.6. The minimum absolute atomic E-state index is 0. The summed E-state index contributed by atoms with van der Waals surface area (Å²) in [5.74, 6) is 0.0978. The summed E-state index contributed by atoms with van der Waals surface area (Å²) < 4.78 is 0. The van der Waals surface area contributed by atoms with Crippen molar-refractivity contribution < 1.29 is 4.79 Å². The van der Waals surface area contributed by atoms with Crippen molar-refractivity contribution in [2.24, 2.45) is 0 Å². The van der Waals surface area contributed by atoms with Gasteiger partial charge in [0, 0.05) is 18.2 Å². The molecule has 16 heavy (non-hydrogen) atoms. The van der Waals surface area contributed by atoms with Crippen molar-refractivity contribution in [3.05, 3.63) is 30.3 Å². The highest BCUT2D eigenvalue weighted by molar-refractivity contribution is 5.91. The van der Waals surface area contributed by atoms with Gasteiger partial charge in [-0.3, -0.25) is 4.79 Å². The molecule has 3 nitrogen and oxygen atoms in total. The molecule has 1 aliphatic heterocycles. The van der Waals surface area contributed by atoms with Crippen molar-refractivity contribution in [1.29, 1.82) is 0 Å². The molecule has 88 valence electrons. The lowest BCUT2D eigenvalue weighted by molar-refractivity contribution is -0.116. The third kappa shape index (κ3) is 3.83. The Kier molecular flexibility index (Phi) is 5.29. The molecule has 0 radical (unpaired) electrons. The number of hydrogen-bond acceptors (Lipinski definition) is 2. The van der Waals surface area contributed by atoms with Gasteiger partial charge in [0.1, 0.15) is 0 Å². The van der Waals surface area contributed by atoms with Crippen molar-refractivity contribution in [3.63, 3.8) is 0 Å². The number of anilines is 1. The van der Waals surface area contributed by atoms with E-state index in [1.807, 2.05) is 30.3 Å². The molecule has 2 rings (SSSR count). The quantitative estimate of drug-likeness (QED) is 0.851. The number of halogens is 1. The smallest absolute Gasteiger partial charge is 0.225 e. The first-order valence-corrected chi connectivity index (χ1v) is 5.43. The summed E-state index contributed by atoms with van der Waals surface area (Å²) >= 11 is 0. The molecular formula is C12H17ClN2O. The van der Waals surface area contributed by atoms with Gasteiger partial charge in [0.15, 0.2) is 0 Å². The van der Waals surface area contributed by atoms with Crippen LogP contribution in [0.25, 0.3) is 0 Å². The predicted octanol–water partition coefficient (Wildman–Crippen LogP) is 2.19. The van der Waals surface area contributed by atoms with Crippen molar-refractivity contribution in [2.45, 2.75) is 25.3 Å². The number of rotatable bonds is 3. The zero-order valence-corrected chi connectivity index (χ0v) is 9.93. The second-order valence-corrected chi connectivity index (χ2v) is 3.91. The predicted molar refractivity (Wildman–Crippen MR) is 68.0 cm³/mol. The van der Waals surface area contributed by atoms with Crippen LogP contribution in [0.3, 0.4) is 0 Å². The number of nitrogens with one attached hydrogen (secondary N) is 2. The Morgan fingerprint density at radius 1 is 1.38 bits per heavy atom. The Labute approximate surface area is 102 Å². The van der Waals surface area contributed by atoms with Crippen molar-refractivity contribution in [2.75, 3.05) is 11.9 Å². The summed E-state index contributed by atoms with van der Waals surface area (Å²) in [5, 5.41) is 6.20. The minimum Gasteiger partial charge on any atom is -0.326 e. The average molecular weight is 241 g/mol. The van der Waals surface area contributed by atoms with Crippen LogP contribution in [0.5, 0.6) is 0 Å². The van der Waals surface area contributed by atoms with Gasteiger partial charge in [-0.1, -0.05) is 18.2 Å². The van der Waals surface area contributed by atoms with Crippen LogP contribution in [-0.2, 0) is 4.79 Å². The topological polar surface area (TPSA) is 41.1 Å². The minimum atomic E-state index is 0. The van der Waals surface area contributed by atoms with E-state index in [-0.39, 0.29) is 18.3 Å². The molecule has 1 aliphatic rings. The summed E-state index contributed by atoms with van der Waals surface area (Å²) in [6.07, 6.45) is 2.88. The Morgan fingerprint density at radius 3 is 2.75 bits per heavy atom. The number of benzene rings is 1. The Balaban J connectivity index is 0.00000128. The summed E-state index contributed by atoms with van der Waals surface area (Å²) in [7, 11) is 0. The summed E-state index contributed by atoms with van der Waals surface area (Å²) in [5.41, 5.74) is 0.875. The van der Waals surface area contributed by atoms with Crippen molar-refractivity contribution in [3.8, 4) is 0 Å². The zero-order chi connectivity index (χ0) is 10.5. The van der Waals surface area contributed by atoms with E-state index >= 15 is 0 Å². The summed E-state index contributed by atoms with van der Waals surface area (Å²) in [4.78, 5) is 11.6. The standard InChI is InChI=1S/C12H16N2O.ClH/c15-12(9-11-7-4-8-13-11)14-10-5-2-1-3-6-10;/h1-3,5-6,11,13H,4,7-9H2,(H,14,15);1H. The molecule has 0 saturated carbocycles. The van der Waals surface area contributed by atoms with Crippen LogP contribution in [0.1, 0.15) is 19.3 Å². The van der Waals surface area contributed by atoms with Gasteiger partial charge >= 0.3 is 0 Å². The first-order chi connectivity index (χ1) is 7.34. The molecule has 4 heteroatoms. The number of carbonyl (C=O) groups is 1. The van der Waals surface area contributed by atoms with E-state index in [2.05, 4.69) is 10.6 Å². The van der Waals surface area contributed by atoms with Gasteiger partial charge in [-0.2, -0.15) is 0 Å². The summed E-state index contributed by atoms with van der Waals surface area (Å²) in [6, 6.07) is 9.95. The third-order valence-electron chi connectivity index (χ3n) is 2.65. The summed E-state index contributed by atoms with van der Waals surface area (Å²) in [6.45, 7) is 1.04. The third-order valence-corrected chi connectivity index (χ3v) is 2.65. The molecule has 1 amide bonds. The number of amides is 1. The molecule has 1 atom stereocenters. The first-order valence-electron chi connectivity index (χ1n) is 5.43. The molecule has 1 aromatic rings. The molecule has 2 N–H and O–H groups in total. The average Bonchev–Trinajstić information content (AvgIpc) is 2.71. The highest BCUT2D eigenvalue weighted by atomic mass is 35.5. The first kappa shape index (κ1) is 13.0. The molecule has 0 aliphatic carbocycles. The fourth-order valence-electron chi connectivity index (χ4n) is 1.89.